The quantitative estimate of drug-likeness (QED) is 0.656. The second-order valence-corrected chi connectivity index (χ2v) is 6.33. The van der Waals surface area contributed by atoms with Gasteiger partial charge < -0.3 is 20.1 Å². The molecule has 0 bridgehead atoms. The average molecular weight is 371 g/mol. The van der Waals surface area contributed by atoms with Crippen molar-refractivity contribution in [2.45, 2.75) is 38.0 Å². The molecule has 6 heteroatoms. The summed E-state index contributed by atoms with van der Waals surface area (Å²) in [5, 5.41) is 6.21. The summed E-state index contributed by atoms with van der Waals surface area (Å²) < 4.78 is 11.1. The lowest BCUT2D eigenvalue weighted by atomic mass is 9.74. The molecule has 1 fully saturated rings. The van der Waals surface area contributed by atoms with E-state index < -0.39 is 0 Å². The third-order valence-corrected chi connectivity index (χ3v) is 4.68. The number of carbonyl (C=O) groups is 1. The fourth-order valence-electron chi connectivity index (χ4n) is 3.18. The molecule has 0 radical (unpaired) electrons. The Morgan fingerprint density at radius 2 is 1.92 bits per heavy atom. The minimum absolute atomic E-state index is 0. The Hall–Kier alpha value is -1.30. The van der Waals surface area contributed by atoms with Gasteiger partial charge in [-0.05, 0) is 57.5 Å². The van der Waals surface area contributed by atoms with E-state index >= 15 is 0 Å². The van der Waals surface area contributed by atoms with Crippen LogP contribution in [0.2, 0.25) is 0 Å². The molecule has 0 unspecified atom stereocenters. The largest absolute Gasteiger partial charge is 0.494 e. The second-order valence-electron chi connectivity index (χ2n) is 6.33. The van der Waals surface area contributed by atoms with E-state index in [0.29, 0.717) is 19.6 Å². The first-order chi connectivity index (χ1) is 11.7. The highest BCUT2D eigenvalue weighted by molar-refractivity contribution is 5.85. The van der Waals surface area contributed by atoms with Gasteiger partial charge in [0.25, 0.3) is 0 Å². The molecule has 1 aromatic rings. The summed E-state index contributed by atoms with van der Waals surface area (Å²) >= 11 is 0. The lowest BCUT2D eigenvalue weighted by molar-refractivity contribution is -0.121. The first kappa shape index (κ1) is 21.7. The monoisotopic (exact) mass is 370 g/mol. The van der Waals surface area contributed by atoms with Gasteiger partial charge in [-0.3, -0.25) is 4.79 Å². The topological polar surface area (TPSA) is 59.6 Å². The normalized spacial score (nSPS) is 15.9. The number of benzene rings is 1. The smallest absolute Gasteiger partial charge is 0.220 e. The SMILES string of the molecule is CCOc1ccc(C2(CNC(=O)CCCNC)CCOCC2)cc1.Cl. The van der Waals surface area contributed by atoms with E-state index in [4.69, 9.17) is 9.47 Å². The van der Waals surface area contributed by atoms with Gasteiger partial charge in [-0.2, -0.15) is 0 Å². The number of halogens is 1. The predicted molar refractivity (Wildman–Crippen MR) is 103 cm³/mol. The Kier molecular flexibility index (Phi) is 9.86. The van der Waals surface area contributed by atoms with Crippen molar-refractivity contribution >= 4 is 18.3 Å². The van der Waals surface area contributed by atoms with Crippen molar-refractivity contribution in [2.24, 2.45) is 0 Å². The van der Waals surface area contributed by atoms with Gasteiger partial charge in [0.05, 0.1) is 6.61 Å². The maximum atomic E-state index is 12.1. The van der Waals surface area contributed by atoms with Crippen molar-refractivity contribution in [3.63, 3.8) is 0 Å². The van der Waals surface area contributed by atoms with Crippen LogP contribution in [0, 0.1) is 0 Å². The molecule has 0 atom stereocenters. The Bertz CT molecular complexity index is 502. The molecule has 2 rings (SSSR count). The summed E-state index contributed by atoms with van der Waals surface area (Å²) in [5.41, 5.74) is 1.21. The first-order valence-electron chi connectivity index (χ1n) is 8.92. The van der Waals surface area contributed by atoms with Crippen LogP contribution < -0.4 is 15.4 Å². The fourth-order valence-corrected chi connectivity index (χ4v) is 3.18. The summed E-state index contributed by atoms with van der Waals surface area (Å²) in [4.78, 5) is 12.1. The minimum Gasteiger partial charge on any atom is -0.494 e. The van der Waals surface area contributed by atoms with Gasteiger partial charge in [0.2, 0.25) is 5.91 Å². The number of hydrogen-bond acceptors (Lipinski definition) is 4. The van der Waals surface area contributed by atoms with Gasteiger partial charge in [-0.15, -0.1) is 12.4 Å². The molecule has 1 aromatic carbocycles. The van der Waals surface area contributed by atoms with E-state index in [1.807, 2.05) is 26.1 Å². The maximum Gasteiger partial charge on any atom is 0.220 e. The molecule has 1 saturated heterocycles. The van der Waals surface area contributed by atoms with Crippen LogP contribution in [0.3, 0.4) is 0 Å². The van der Waals surface area contributed by atoms with Crippen LogP contribution in [0.25, 0.3) is 0 Å². The lowest BCUT2D eigenvalue weighted by Gasteiger charge is -2.38. The maximum absolute atomic E-state index is 12.1. The molecule has 25 heavy (non-hydrogen) atoms. The van der Waals surface area contributed by atoms with E-state index in [1.165, 1.54) is 5.56 Å². The van der Waals surface area contributed by atoms with Gasteiger partial charge in [0.15, 0.2) is 0 Å². The Morgan fingerprint density at radius 1 is 1.24 bits per heavy atom. The van der Waals surface area contributed by atoms with Crippen molar-refractivity contribution in [3.8, 4) is 5.75 Å². The minimum atomic E-state index is -0.0400. The standard InChI is InChI=1S/C19H30N2O3.ClH/c1-3-24-17-8-6-16(7-9-17)19(10-13-23-14-11-19)15-21-18(22)5-4-12-20-2;/h6-9,20H,3-5,10-15H2,1-2H3,(H,21,22);1H. The summed E-state index contributed by atoms with van der Waals surface area (Å²) in [7, 11) is 1.90. The zero-order chi connectivity index (χ0) is 17.3. The Labute approximate surface area is 157 Å². The van der Waals surface area contributed by atoms with Crippen LogP contribution in [0.5, 0.6) is 5.75 Å². The van der Waals surface area contributed by atoms with E-state index in [2.05, 4.69) is 22.8 Å². The molecule has 1 heterocycles. The van der Waals surface area contributed by atoms with Gasteiger partial charge in [0, 0.05) is 31.6 Å². The molecule has 0 spiro atoms. The molecule has 142 valence electrons. The molecular formula is C19H31ClN2O3. The molecule has 0 aliphatic carbocycles. The van der Waals surface area contributed by atoms with Crippen LogP contribution in [0.15, 0.2) is 24.3 Å². The van der Waals surface area contributed by atoms with Gasteiger partial charge in [0.1, 0.15) is 5.75 Å². The zero-order valence-electron chi connectivity index (χ0n) is 15.3. The highest BCUT2D eigenvalue weighted by Crippen LogP contribution is 2.35. The first-order valence-corrected chi connectivity index (χ1v) is 8.92. The van der Waals surface area contributed by atoms with Gasteiger partial charge in [-0.25, -0.2) is 0 Å². The van der Waals surface area contributed by atoms with Crippen molar-refractivity contribution in [1.82, 2.24) is 10.6 Å². The number of amides is 1. The summed E-state index contributed by atoms with van der Waals surface area (Å²) in [6.07, 6.45) is 3.29. The van der Waals surface area contributed by atoms with E-state index in [0.717, 1.165) is 44.8 Å². The Balaban J connectivity index is 0.00000312. The Morgan fingerprint density at radius 3 is 2.52 bits per heavy atom. The van der Waals surface area contributed by atoms with Crippen LogP contribution in [0.1, 0.15) is 38.2 Å². The van der Waals surface area contributed by atoms with Crippen LogP contribution in [-0.2, 0) is 14.9 Å². The summed E-state index contributed by atoms with van der Waals surface area (Å²) in [6.45, 7) is 5.66. The van der Waals surface area contributed by atoms with Crippen LogP contribution in [0.4, 0.5) is 0 Å². The van der Waals surface area contributed by atoms with Crippen molar-refractivity contribution in [3.05, 3.63) is 29.8 Å². The second kappa shape index (κ2) is 11.3. The highest BCUT2D eigenvalue weighted by Gasteiger charge is 2.34. The highest BCUT2D eigenvalue weighted by atomic mass is 35.5. The van der Waals surface area contributed by atoms with E-state index in [1.54, 1.807) is 0 Å². The number of rotatable bonds is 9. The van der Waals surface area contributed by atoms with Crippen LogP contribution in [-0.4, -0.2) is 45.9 Å². The lowest BCUT2D eigenvalue weighted by Crippen LogP contribution is -2.44. The zero-order valence-corrected chi connectivity index (χ0v) is 16.1. The molecular weight excluding hydrogens is 340 g/mol. The van der Waals surface area contributed by atoms with E-state index in [9.17, 15) is 4.79 Å². The summed E-state index contributed by atoms with van der Waals surface area (Å²) in [5.74, 6) is 1.02. The fraction of sp³-hybridized carbons (Fsp3) is 0.632. The molecule has 0 saturated carbocycles. The molecule has 0 aromatic heterocycles. The molecule has 1 aliphatic heterocycles. The van der Waals surface area contributed by atoms with Crippen molar-refractivity contribution < 1.29 is 14.3 Å². The molecule has 2 N–H and O–H groups in total. The molecule has 1 aliphatic rings. The average Bonchev–Trinajstić information content (AvgIpc) is 2.62. The number of hydrogen-bond donors (Lipinski definition) is 2. The molecule has 5 nitrogen and oxygen atoms in total. The van der Waals surface area contributed by atoms with Crippen molar-refractivity contribution in [1.29, 1.82) is 0 Å². The number of ether oxygens (including phenoxy) is 2. The van der Waals surface area contributed by atoms with E-state index in [-0.39, 0.29) is 23.7 Å². The summed E-state index contributed by atoms with van der Waals surface area (Å²) in [6, 6.07) is 8.29. The van der Waals surface area contributed by atoms with Crippen molar-refractivity contribution in [2.75, 3.05) is 40.0 Å². The molecule has 1 amide bonds. The third kappa shape index (κ3) is 6.49. The van der Waals surface area contributed by atoms with Gasteiger partial charge >= 0.3 is 0 Å². The van der Waals surface area contributed by atoms with Gasteiger partial charge in [-0.1, -0.05) is 12.1 Å². The predicted octanol–water partition coefficient (Wildman–Crippen LogP) is 2.67. The third-order valence-electron chi connectivity index (χ3n) is 4.68. The number of nitrogens with one attached hydrogen (secondary N) is 2. The number of carbonyl (C=O) groups excluding carboxylic acids is 1. The van der Waals surface area contributed by atoms with Crippen LogP contribution >= 0.6 is 12.4 Å².